The third-order valence-corrected chi connectivity index (χ3v) is 7.45. The average molecular weight is 382 g/mol. The fraction of sp³-hybridized carbons (Fsp3) is 0.588. The van der Waals surface area contributed by atoms with Gasteiger partial charge in [-0.05, 0) is 18.9 Å². The first-order valence-electron chi connectivity index (χ1n) is 8.67. The highest BCUT2D eigenvalue weighted by molar-refractivity contribution is 7.89. The number of sulfonamides is 1. The van der Waals surface area contributed by atoms with Gasteiger partial charge < -0.3 is 19.5 Å². The van der Waals surface area contributed by atoms with Crippen molar-refractivity contribution in [2.24, 2.45) is 0 Å². The van der Waals surface area contributed by atoms with E-state index in [0.29, 0.717) is 24.4 Å². The van der Waals surface area contributed by atoms with Crippen LogP contribution >= 0.6 is 0 Å². The molecule has 3 heterocycles. The summed E-state index contributed by atoms with van der Waals surface area (Å²) >= 11 is 0. The van der Waals surface area contributed by atoms with Crippen LogP contribution in [0.5, 0.6) is 0 Å². The molecule has 9 heteroatoms. The molecular weight excluding hydrogens is 360 g/mol. The van der Waals surface area contributed by atoms with Gasteiger partial charge in [-0.2, -0.15) is 4.31 Å². The van der Waals surface area contributed by atoms with Gasteiger partial charge >= 0.3 is 0 Å². The molecule has 0 bridgehead atoms. The van der Waals surface area contributed by atoms with Crippen molar-refractivity contribution >= 4 is 21.6 Å². The van der Waals surface area contributed by atoms with Gasteiger partial charge in [0, 0.05) is 25.3 Å². The fourth-order valence-corrected chi connectivity index (χ4v) is 5.70. The van der Waals surface area contributed by atoms with E-state index in [0.717, 1.165) is 12.8 Å². The lowest BCUT2D eigenvalue weighted by atomic mass is 10.1. The molecule has 2 fully saturated rings. The molecule has 1 N–H and O–H groups in total. The maximum atomic E-state index is 13.0. The summed E-state index contributed by atoms with van der Waals surface area (Å²) in [6, 6.07) is 6.94. The fourth-order valence-electron chi connectivity index (χ4n) is 3.87. The van der Waals surface area contributed by atoms with Crippen molar-refractivity contribution in [2.75, 3.05) is 38.8 Å². The number of nitrogens with zero attached hydrogens (tertiary/aromatic N) is 1. The predicted octanol–water partition coefficient (Wildman–Crippen LogP) is 0.648. The molecule has 0 aliphatic carbocycles. The van der Waals surface area contributed by atoms with Gasteiger partial charge in [-0.25, -0.2) is 8.42 Å². The maximum Gasteiger partial charge on any atom is 0.289 e. The molecule has 142 valence electrons. The Hall–Kier alpha value is -1.52. The van der Waals surface area contributed by atoms with E-state index < -0.39 is 27.0 Å². The molecule has 0 unspecified atom stereocenters. The molecule has 1 aromatic rings. The van der Waals surface area contributed by atoms with Gasteiger partial charge in [0.25, 0.3) is 11.7 Å². The lowest BCUT2D eigenvalue weighted by Gasteiger charge is -2.37. The number of nitrogens with one attached hydrogen (secondary N) is 1. The molecule has 8 nitrogen and oxygen atoms in total. The number of hydrogen-bond donors (Lipinski definition) is 1. The Labute approximate surface area is 152 Å². The number of ether oxygens (including phenoxy) is 3. The van der Waals surface area contributed by atoms with Crippen molar-refractivity contribution in [3.63, 3.8) is 0 Å². The number of hydrogen-bond acceptors (Lipinski definition) is 6. The Morgan fingerprint density at radius 1 is 1.31 bits per heavy atom. The molecule has 3 aliphatic heterocycles. The summed E-state index contributed by atoms with van der Waals surface area (Å²) in [4.78, 5) is 12.4. The molecule has 0 saturated carbocycles. The number of carbonyl (C=O) groups excluding carboxylic acids is 1. The smallest absolute Gasteiger partial charge is 0.289 e. The van der Waals surface area contributed by atoms with Crippen LogP contribution in [0.15, 0.2) is 24.3 Å². The Bertz CT molecular complexity index is 803. The van der Waals surface area contributed by atoms with Crippen LogP contribution in [-0.4, -0.2) is 63.4 Å². The van der Waals surface area contributed by atoms with E-state index in [2.05, 4.69) is 5.32 Å². The number of fused-ring (bicyclic) bond motifs is 2. The largest absolute Gasteiger partial charge is 0.383 e. The van der Waals surface area contributed by atoms with E-state index in [1.807, 2.05) is 0 Å². The van der Waals surface area contributed by atoms with Gasteiger partial charge in [0.1, 0.15) is 5.25 Å². The molecule has 1 amide bonds. The topological polar surface area (TPSA) is 94.2 Å². The monoisotopic (exact) mass is 382 g/mol. The second-order valence-corrected chi connectivity index (χ2v) is 8.93. The highest BCUT2D eigenvalue weighted by atomic mass is 32.2. The predicted molar refractivity (Wildman–Crippen MR) is 93.0 cm³/mol. The van der Waals surface area contributed by atoms with Gasteiger partial charge in [0.15, 0.2) is 0 Å². The van der Waals surface area contributed by atoms with E-state index in [1.54, 1.807) is 31.4 Å². The van der Waals surface area contributed by atoms with Crippen molar-refractivity contribution < 1.29 is 27.4 Å². The molecule has 0 radical (unpaired) electrons. The summed E-state index contributed by atoms with van der Waals surface area (Å²) in [6.45, 7) is 0.648. The second-order valence-electron chi connectivity index (χ2n) is 6.77. The van der Waals surface area contributed by atoms with Gasteiger partial charge in [0.05, 0.1) is 25.5 Å². The molecule has 1 aromatic carbocycles. The number of carbonyl (C=O) groups is 1. The zero-order valence-corrected chi connectivity index (χ0v) is 15.3. The molecule has 4 rings (SSSR count). The SMILES string of the molecule is COC[C@@H]1CCCN1S(=O)(=O)C1COC2(OC1)C(=O)Nc1ccccc12. The highest BCUT2D eigenvalue weighted by Crippen LogP contribution is 2.42. The third-order valence-electron chi connectivity index (χ3n) is 5.20. The Balaban J connectivity index is 1.53. The van der Waals surface area contributed by atoms with Crippen molar-refractivity contribution in [3.05, 3.63) is 29.8 Å². The number of para-hydroxylation sites is 1. The highest BCUT2D eigenvalue weighted by Gasteiger charge is 2.54. The summed E-state index contributed by atoms with van der Waals surface area (Å²) in [7, 11) is -2.04. The molecule has 3 aliphatic rings. The van der Waals surface area contributed by atoms with Crippen molar-refractivity contribution in [2.45, 2.75) is 29.9 Å². The van der Waals surface area contributed by atoms with E-state index in [-0.39, 0.29) is 19.3 Å². The van der Waals surface area contributed by atoms with E-state index in [1.165, 1.54) is 4.31 Å². The Morgan fingerprint density at radius 2 is 2.04 bits per heavy atom. The number of rotatable bonds is 4. The van der Waals surface area contributed by atoms with Crippen molar-refractivity contribution in [3.8, 4) is 0 Å². The van der Waals surface area contributed by atoms with Gasteiger partial charge in [-0.1, -0.05) is 18.2 Å². The lowest BCUT2D eigenvalue weighted by molar-refractivity contribution is -0.254. The second kappa shape index (κ2) is 6.58. The van der Waals surface area contributed by atoms with E-state index in [4.69, 9.17) is 14.2 Å². The van der Waals surface area contributed by atoms with Crippen molar-refractivity contribution in [1.29, 1.82) is 0 Å². The molecule has 1 spiro atoms. The normalized spacial score (nSPS) is 32.0. The summed E-state index contributed by atoms with van der Waals surface area (Å²) < 4.78 is 44.2. The average Bonchev–Trinajstić information content (AvgIpc) is 3.21. The van der Waals surface area contributed by atoms with Crippen LogP contribution in [0.25, 0.3) is 0 Å². The van der Waals surface area contributed by atoms with Crippen LogP contribution in [0.2, 0.25) is 0 Å². The van der Waals surface area contributed by atoms with Crippen LogP contribution < -0.4 is 5.32 Å². The first-order valence-corrected chi connectivity index (χ1v) is 10.2. The minimum atomic E-state index is -3.60. The van der Waals surface area contributed by atoms with Crippen LogP contribution in [0, 0.1) is 0 Å². The van der Waals surface area contributed by atoms with Crippen molar-refractivity contribution in [1.82, 2.24) is 4.31 Å². The summed E-state index contributed by atoms with van der Waals surface area (Å²) in [5.74, 6) is -1.98. The zero-order valence-electron chi connectivity index (χ0n) is 14.5. The lowest BCUT2D eigenvalue weighted by Crippen LogP contribution is -2.54. The quantitative estimate of drug-likeness (QED) is 0.822. The number of anilines is 1. The molecule has 0 aromatic heterocycles. The Kier molecular flexibility index (Phi) is 4.52. The Morgan fingerprint density at radius 3 is 2.77 bits per heavy atom. The molecule has 1 atom stereocenters. The first kappa shape index (κ1) is 17.9. The minimum absolute atomic E-state index is 0.0969. The van der Waals surface area contributed by atoms with Gasteiger partial charge in [-0.3, -0.25) is 4.79 Å². The maximum absolute atomic E-state index is 13.0. The van der Waals surface area contributed by atoms with Crippen LogP contribution in [-0.2, 0) is 34.8 Å². The number of benzene rings is 1. The zero-order chi connectivity index (χ0) is 18.4. The summed E-state index contributed by atoms with van der Waals surface area (Å²) in [5.41, 5.74) is 1.21. The van der Waals surface area contributed by atoms with Gasteiger partial charge in [-0.15, -0.1) is 0 Å². The molecule has 2 saturated heterocycles. The van der Waals surface area contributed by atoms with E-state index >= 15 is 0 Å². The van der Waals surface area contributed by atoms with E-state index in [9.17, 15) is 13.2 Å². The first-order chi connectivity index (χ1) is 12.5. The third kappa shape index (κ3) is 2.66. The minimum Gasteiger partial charge on any atom is -0.383 e. The number of amides is 1. The molecule has 26 heavy (non-hydrogen) atoms. The van der Waals surface area contributed by atoms with Crippen LogP contribution in [0.4, 0.5) is 5.69 Å². The molecular formula is C17H22N2O6S. The van der Waals surface area contributed by atoms with Gasteiger partial charge in [0.2, 0.25) is 10.0 Å². The number of methoxy groups -OCH3 is 1. The van der Waals surface area contributed by atoms with Crippen LogP contribution in [0.3, 0.4) is 0 Å². The summed E-state index contributed by atoms with van der Waals surface area (Å²) in [6.07, 6.45) is 1.59. The standard InChI is InChI=1S/C17H22N2O6S/c1-23-9-12-5-4-8-19(12)26(21,22)13-10-24-17(25-11-13)14-6-2-3-7-15(14)18-16(17)20/h2-3,6-7,12-13H,4-5,8-11H2,1H3,(H,18,20)/t12-,13?,17?/m0/s1. The summed E-state index contributed by atoms with van der Waals surface area (Å²) in [5, 5.41) is 1.88. The van der Waals surface area contributed by atoms with Crippen LogP contribution in [0.1, 0.15) is 18.4 Å².